The van der Waals surface area contributed by atoms with Gasteiger partial charge in [-0.15, -0.1) is 0 Å². The topological polar surface area (TPSA) is 74.0 Å². The van der Waals surface area contributed by atoms with Crippen LogP contribution in [0.5, 0.6) is 0 Å². The largest absolute Gasteiger partial charge is 0.396 e. The number of hydrogen-bond acceptors (Lipinski definition) is 4. The van der Waals surface area contributed by atoms with E-state index in [9.17, 15) is 9.90 Å². The van der Waals surface area contributed by atoms with E-state index in [1.807, 2.05) is 30.3 Å². The van der Waals surface area contributed by atoms with Crippen molar-refractivity contribution in [3.8, 4) is 6.07 Å². The maximum Gasteiger partial charge on any atom is 0.162 e. The van der Waals surface area contributed by atoms with Crippen molar-refractivity contribution >= 4 is 5.78 Å². The lowest BCUT2D eigenvalue weighted by Gasteiger charge is -2.13. The maximum atomic E-state index is 12.0. The number of nitrogens with zero attached hydrogens (tertiary/aromatic N) is 2. The van der Waals surface area contributed by atoms with Crippen molar-refractivity contribution in [3.63, 3.8) is 0 Å². The Labute approximate surface area is 130 Å². The molecule has 1 aromatic carbocycles. The fraction of sp³-hybridized carbons (Fsp3) is 0.278. The number of aliphatic hydroxyl groups is 1. The molecule has 0 spiro atoms. The third-order valence-electron chi connectivity index (χ3n) is 3.60. The van der Waals surface area contributed by atoms with Crippen LogP contribution in [-0.4, -0.2) is 22.5 Å². The van der Waals surface area contributed by atoms with Crippen molar-refractivity contribution in [2.45, 2.75) is 25.2 Å². The van der Waals surface area contributed by atoms with Gasteiger partial charge >= 0.3 is 0 Å². The summed E-state index contributed by atoms with van der Waals surface area (Å²) in [5.41, 5.74) is 1.95. The number of hydrogen-bond donors (Lipinski definition) is 1. The molecule has 0 aliphatic carbocycles. The van der Waals surface area contributed by atoms with Crippen LogP contribution in [-0.2, 0) is 0 Å². The van der Waals surface area contributed by atoms with Crippen molar-refractivity contribution in [2.24, 2.45) is 0 Å². The Balaban J connectivity index is 1.91. The van der Waals surface area contributed by atoms with Crippen LogP contribution in [0.4, 0.5) is 0 Å². The smallest absolute Gasteiger partial charge is 0.162 e. The quantitative estimate of drug-likeness (QED) is 0.796. The van der Waals surface area contributed by atoms with E-state index >= 15 is 0 Å². The lowest BCUT2D eigenvalue weighted by molar-refractivity contribution is 0.0977. The summed E-state index contributed by atoms with van der Waals surface area (Å²) in [6.45, 7) is -0.0403. The number of aromatic nitrogens is 1. The Morgan fingerprint density at radius 3 is 2.73 bits per heavy atom. The van der Waals surface area contributed by atoms with Crippen LogP contribution in [0.1, 0.15) is 46.8 Å². The molecule has 1 aromatic heterocycles. The highest BCUT2D eigenvalue weighted by molar-refractivity contribution is 5.95. The minimum absolute atomic E-state index is 0.0403. The minimum atomic E-state index is -0.142. The molecule has 0 amide bonds. The second-order valence-corrected chi connectivity index (χ2v) is 5.14. The number of benzene rings is 1. The van der Waals surface area contributed by atoms with Crippen molar-refractivity contribution in [2.75, 3.05) is 6.61 Å². The van der Waals surface area contributed by atoms with E-state index in [4.69, 9.17) is 5.26 Å². The van der Waals surface area contributed by atoms with Gasteiger partial charge in [-0.1, -0.05) is 30.3 Å². The van der Waals surface area contributed by atoms with Gasteiger partial charge in [0.25, 0.3) is 0 Å². The third-order valence-corrected chi connectivity index (χ3v) is 3.60. The molecule has 0 fully saturated rings. The van der Waals surface area contributed by atoms with Gasteiger partial charge in [0.2, 0.25) is 0 Å². The zero-order chi connectivity index (χ0) is 15.8. The van der Waals surface area contributed by atoms with Gasteiger partial charge in [-0.3, -0.25) is 9.78 Å². The van der Waals surface area contributed by atoms with Crippen LogP contribution >= 0.6 is 0 Å². The molecule has 0 aliphatic rings. The molecular weight excluding hydrogens is 276 g/mol. The molecule has 0 bridgehead atoms. The first-order chi connectivity index (χ1) is 10.7. The number of aliphatic hydroxyl groups excluding tert-OH is 1. The predicted molar refractivity (Wildman–Crippen MR) is 83.4 cm³/mol. The second-order valence-electron chi connectivity index (χ2n) is 5.14. The Morgan fingerprint density at radius 2 is 2.05 bits per heavy atom. The van der Waals surface area contributed by atoms with Crippen molar-refractivity contribution in [1.82, 2.24) is 4.98 Å². The highest BCUT2D eigenvalue weighted by Gasteiger charge is 2.14. The Hall–Kier alpha value is -2.51. The van der Waals surface area contributed by atoms with E-state index in [0.29, 0.717) is 36.1 Å². The first-order valence-electron chi connectivity index (χ1n) is 7.29. The van der Waals surface area contributed by atoms with Crippen molar-refractivity contribution in [1.29, 1.82) is 5.26 Å². The molecule has 4 heteroatoms. The molecule has 1 heterocycles. The summed E-state index contributed by atoms with van der Waals surface area (Å²) in [6, 6.07) is 14.6. The second kappa shape index (κ2) is 8.06. The average molecular weight is 294 g/mol. The zero-order valence-corrected chi connectivity index (χ0v) is 12.3. The van der Waals surface area contributed by atoms with Crippen LogP contribution in [0.25, 0.3) is 0 Å². The summed E-state index contributed by atoms with van der Waals surface area (Å²) in [7, 11) is 0. The normalized spacial score (nSPS) is 11.6. The molecule has 4 nitrogen and oxygen atoms in total. The van der Waals surface area contributed by atoms with Gasteiger partial charge in [0, 0.05) is 29.8 Å². The zero-order valence-electron chi connectivity index (χ0n) is 12.3. The van der Waals surface area contributed by atoms with Crippen LogP contribution in [0.3, 0.4) is 0 Å². The number of nitriles is 1. The van der Waals surface area contributed by atoms with Gasteiger partial charge in [-0.25, -0.2) is 0 Å². The van der Waals surface area contributed by atoms with Gasteiger partial charge in [-0.2, -0.15) is 5.26 Å². The molecule has 1 atom stereocenters. The number of carbonyl (C=O) groups excluding carboxylic acids is 1. The molecule has 0 radical (unpaired) electrons. The Bertz CT molecular complexity index is 662. The molecule has 2 rings (SSSR count). The molecule has 2 aromatic rings. The number of pyridine rings is 1. The van der Waals surface area contributed by atoms with Crippen LogP contribution in [0.2, 0.25) is 0 Å². The van der Waals surface area contributed by atoms with E-state index in [-0.39, 0.29) is 18.3 Å². The molecule has 1 unspecified atom stereocenters. The van der Waals surface area contributed by atoms with Gasteiger partial charge in [0.05, 0.1) is 18.2 Å². The van der Waals surface area contributed by atoms with E-state index in [1.165, 1.54) is 0 Å². The number of rotatable bonds is 7. The SMILES string of the molecule is N#Cc1ccnc(C(CO)CCCC(=O)c2ccccc2)c1. The van der Waals surface area contributed by atoms with Crippen LogP contribution in [0, 0.1) is 11.3 Å². The summed E-state index contributed by atoms with van der Waals surface area (Å²) in [5.74, 6) is -0.0344. The molecule has 0 aliphatic heterocycles. The summed E-state index contributed by atoms with van der Waals surface area (Å²) < 4.78 is 0. The van der Waals surface area contributed by atoms with Gasteiger partial charge < -0.3 is 5.11 Å². The molecule has 0 saturated heterocycles. The number of Topliss-reactive ketones (excluding diaryl/α,β-unsaturated/α-hetero) is 1. The molecule has 112 valence electrons. The monoisotopic (exact) mass is 294 g/mol. The first-order valence-corrected chi connectivity index (χ1v) is 7.29. The van der Waals surface area contributed by atoms with Gasteiger partial charge in [-0.05, 0) is 25.0 Å². The first kappa shape index (κ1) is 15.9. The number of ketones is 1. The predicted octanol–water partition coefficient (Wildman–Crippen LogP) is 3.08. The standard InChI is InChI=1S/C18H18N2O2/c19-12-14-9-10-20-17(11-14)16(13-21)7-4-8-18(22)15-5-2-1-3-6-15/h1-3,5-6,9-11,16,21H,4,7-8,13H2. The van der Waals surface area contributed by atoms with E-state index in [0.717, 1.165) is 0 Å². The Morgan fingerprint density at radius 1 is 1.27 bits per heavy atom. The molecule has 1 N–H and O–H groups in total. The van der Waals surface area contributed by atoms with E-state index in [1.54, 1.807) is 18.3 Å². The summed E-state index contributed by atoms with van der Waals surface area (Å²) in [6.07, 6.45) is 3.36. The maximum absolute atomic E-state index is 12.0. The lowest BCUT2D eigenvalue weighted by atomic mass is 9.96. The lowest BCUT2D eigenvalue weighted by Crippen LogP contribution is -2.08. The summed E-state index contributed by atoms with van der Waals surface area (Å²) in [5, 5.41) is 18.4. The average Bonchev–Trinajstić information content (AvgIpc) is 2.59. The van der Waals surface area contributed by atoms with E-state index < -0.39 is 0 Å². The highest BCUT2D eigenvalue weighted by Crippen LogP contribution is 2.21. The van der Waals surface area contributed by atoms with Gasteiger partial charge in [0.1, 0.15) is 0 Å². The minimum Gasteiger partial charge on any atom is -0.396 e. The van der Waals surface area contributed by atoms with Crippen molar-refractivity contribution in [3.05, 3.63) is 65.5 Å². The summed E-state index contributed by atoms with van der Waals surface area (Å²) in [4.78, 5) is 16.2. The van der Waals surface area contributed by atoms with Crippen LogP contribution in [0.15, 0.2) is 48.7 Å². The fourth-order valence-corrected chi connectivity index (χ4v) is 2.35. The third kappa shape index (κ3) is 4.24. The van der Waals surface area contributed by atoms with E-state index in [2.05, 4.69) is 11.1 Å². The Kier molecular flexibility index (Phi) is 5.81. The van der Waals surface area contributed by atoms with Crippen molar-refractivity contribution < 1.29 is 9.90 Å². The molecule has 22 heavy (non-hydrogen) atoms. The molecule has 0 saturated carbocycles. The molecular formula is C18H18N2O2. The fourth-order valence-electron chi connectivity index (χ4n) is 2.35. The summed E-state index contributed by atoms with van der Waals surface area (Å²) >= 11 is 0. The number of carbonyl (C=O) groups is 1. The van der Waals surface area contributed by atoms with Gasteiger partial charge in [0.15, 0.2) is 5.78 Å². The highest BCUT2D eigenvalue weighted by atomic mass is 16.3. The van der Waals surface area contributed by atoms with Crippen LogP contribution < -0.4 is 0 Å².